The normalized spacial score (nSPS) is 10.7. The Labute approximate surface area is 134 Å². The molecule has 1 aromatic carbocycles. The summed E-state index contributed by atoms with van der Waals surface area (Å²) in [6.45, 7) is 1.70. The van der Waals surface area contributed by atoms with Crippen LogP contribution in [0, 0.1) is 21.8 Å². The van der Waals surface area contributed by atoms with Gasteiger partial charge in [-0.3, -0.25) is 10.1 Å². The number of nitrogen functional groups attached to an aromatic ring is 1. The van der Waals surface area contributed by atoms with Gasteiger partial charge in [0, 0.05) is 18.2 Å². The fourth-order valence-electron chi connectivity index (χ4n) is 1.88. The van der Waals surface area contributed by atoms with E-state index in [0.717, 1.165) is 0 Å². The Morgan fingerprint density at radius 1 is 1.30 bits per heavy atom. The second kappa shape index (κ2) is 5.57. The molecule has 23 heavy (non-hydrogen) atoms. The van der Waals surface area contributed by atoms with Crippen molar-refractivity contribution in [3.05, 3.63) is 50.9 Å². The number of aromatic nitrogens is 4. The first-order valence-corrected chi connectivity index (χ1v) is 6.81. The third kappa shape index (κ3) is 2.92. The third-order valence-corrected chi connectivity index (χ3v) is 3.20. The molecular weight excluding hydrogens is 320 g/mol. The Hall–Kier alpha value is -3.14. The molecule has 0 saturated carbocycles. The summed E-state index contributed by atoms with van der Waals surface area (Å²) >= 11 is 5.08. The number of aryl methyl sites for hydroxylation is 1. The highest BCUT2D eigenvalue weighted by Gasteiger charge is 2.10. The van der Waals surface area contributed by atoms with Gasteiger partial charge < -0.3 is 10.5 Å². The number of nitrogens with two attached hydrogens (primary N) is 1. The Bertz CT molecular complexity index is 970. The largest absolute Gasteiger partial charge is 0.437 e. The molecule has 0 aliphatic carbocycles. The quantitative estimate of drug-likeness (QED) is 0.441. The van der Waals surface area contributed by atoms with Gasteiger partial charge in [-0.15, -0.1) is 0 Å². The summed E-state index contributed by atoms with van der Waals surface area (Å²) in [6.07, 6.45) is 0. The molecule has 3 rings (SSSR count). The first kappa shape index (κ1) is 14.8. The van der Waals surface area contributed by atoms with E-state index in [0.29, 0.717) is 17.1 Å². The maximum absolute atomic E-state index is 10.6. The van der Waals surface area contributed by atoms with Gasteiger partial charge in [0.2, 0.25) is 10.7 Å². The smallest absolute Gasteiger partial charge is 0.269 e. The van der Waals surface area contributed by atoms with E-state index in [9.17, 15) is 10.1 Å². The first-order valence-electron chi connectivity index (χ1n) is 6.40. The zero-order valence-corrected chi connectivity index (χ0v) is 12.6. The van der Waals surface area contributed by atoms with Crippen LogP contribution in [0.2, 0.25) is 0 Å². The Kier molecular flexibility index (Phi) is 3.58. The van der Waals surface area contributed by atoms with Crippen LogP contribution in [0.3, 0.4) is 0 Å². The maximum atomic E-state index is 10.6. The summed E-state index contributed by atoms with van der Waals surface area (Å²) in [4.78, 5) is 18.4. The second-order valence-corrected chi connectivity index (χ2v) is 4.95. The van der Waals surface area contributed by atoms with E-state index in [1.807, 2.05) is 0 Å². The number of hydrogen-bond donors (Lipinski definition) is 1. The number of benzene rings is 1. The summed E-state index contributed by atoms with van der Waals surface area (Å²) in [7, 11) is 0. The molecule has 0 aliphatic heterocycles. The van der Waals surface area contributed by atoms with Crippen molar-refractivity contribution in [2.24, 2.45) is 0 Å². The van der Waals surface area contributed by atoms with Gasteiger partial charge in [-0.1, -0.05) is 0 Å². The SMILES string of the molecule is Cc1nn2c(=S)nc(N)cc2nc1Oc1ccc([N+](=O)[O-])cc1. The average molecular weight is 330 g/mol. The van der Waals surface area contributed by atoms with Crippen molar-refractivity contribution in [2.45, 2.75) is 6.92 Å². The van der Waals surface area contributed by atoms with Crippen LogP contribution in [0.1, 0.15) is 5.69 Å². The van der Waals surface area contributed by atoms with E-state index in [1.54, 1.807) is 6.92 Å². The van der Waals surface area contributed by atoms with Crippen molar-refractivity contribution < 1.29 is 9.66 Å². The monoisotopic (exact) mass is 330 g/mol. The number of nitro groups is 1. The van der Waals surface area contributed by atoms with E-state index in [1.165, 1.54) is 34.8 Å². The fourth-order valence-corrected chi connectivity index (χ4v) is 2.12. The molecule has 0 spiro atoms. The van der Waals surface area contributed by atoms with Crippen LogP contribution in [0.4, 0.5) is 11.5 Å². The Morgan fingerprint density at radius 2 is 2.00 bits per heavy atom. The number of nitro benzene ring substituents is 1. The molecule has 3 aromatic rings. The molecule has 116 valence electrons. The zero-order chi connectivity index (χ0) is 16.6. The molecule has 0 unspecified atom stereocenters. The standard InChI is InChI=1S/C13H10N6O3S/c1-7-12(22-9-4-2-8(3-5-9)19(20)21)16-11-6-10(14)15-13(23)18(11)17-7/h2-6H,1H3,(H2,14,15,23). The predicted octanol–water partition coefficient (Wildman–Crippen LogP) is 2.44. The average Bonchev–Trinajstić information content (AvgIpc) is 2.49. The molecule has 0 fully saturated rings. The van der Waals surface area contributed by atoms with Gasteiger partial charge >= 0.3 is 0 Å². The van der Waals surface area contributed by atoms with Crippen LogP contribution in [0.15, 0.2) is 30.3 Å². The molecule has 0 saturated heterocycles. The van der Waals surface area contributed by atoms with Gasteiger partial charge in [-0.2, -0.15) is 14.6 Å². The number of nitrogens with zero attached hydrogens (tertiary/aromatic N) is 5. The lowest BCUT2D eigenvalue weighted by molar-refractivity contribution is -0.384. The van der Waals surface area contributed by atoms with Crippen LogP contribution in [-0.4, -0.2) is 24.5 Å². The topological polar surface area (TPSA) is 121 Å². The molecule has 0 aliphatic rings. The van der Waals surface area contributed by atoms with Gasteiger partial charge in [-0.05, 0) is 31.3 Å². The highest BCUT2D eigenvalue weighted by atomic mass is 32.1. The third-order valence-electron chi connectivity index (χ3n) is 2.94. The predicted molar refractivity (Wildman–Crippen MR) is 83.9 cm³/mol. The Morgan fingerprint density at radius 3 is 2.65 bits per heavy atom. The lowest BCUT2D eigenvalue weighted by Gasteiger charge is -2.09. The maximum Gasteiger partial charge on any atom is 0.269 e. The molecule has 0 amide bonds. The van der Waals surface area contributed by atoms with Crippen LogP contribution in [0.5, 0.6) is 11.6 Å². The molecule has 0 radical (unpaired) electrons. The molecule has 2 aromatic heterocycles. The van der Waals surface area contributed by atoms with E-state index >= 15 is 0 Å². The lowest BCUT2D eigenvalue weighted by atomic mass is 10.3. The number of fused-ring (bicyclic) bond motifs is 1. The van der Waals surface area contributed by atoms with Crippen molar-refractivity contribution >= 4 is 29.4 Å². The van der Waals surface area contributed by atoms with Crippen molar-refractivity contribution in [1.82, 2.24) is 19.6 Å². The Balaban J connectivity index is 2.01. The zero-order valence-electron chi connectivity index (χ0n) is 11.8. The summed E-state index contributed by atoms with van der Waals surface area (Å²) in [5.74, 6) is 0.881. The molecule has 2 N–H and O–H groups in total. The number of rotatable bonds is 3. The molecule has 0 bridgehead atoms. The van der Waals surface area contributed by atoms with Gasteiger partial charge in [-0.25, -0.2) is 4.98 Å². The van der Waals surface area contributed by atoms with Gasteiger partial charge in [0.05, 0.1) is 4.92 Å². The van der Waals surface area contributed by atoms with Gasteiger partial charge in [0.15, 0.2) is 5.65 Å². The minimum Gasteiger partial charge on any atom is -0.437 e. The summed E-state index contributed by atoms with van der Waals surface area (Å²) in [5.41, 5.74) is 6.50. The summed E-state index contributed by atoms with van der Waals surface area (Å²) in [5, 5.41) is 14.9. The minimum atomic E-state index is -0.484. The van der Waals surface area contributed by atoms with Gasteiger partial charge in [0.25, 0.3) is 5.69 Å². The molecule has 0 atom stereocenters. The number of hydrogen-bond acceptors (Lipinski definition) is 8. The lowest BCUT2D eigenvalue weighted by Crippen LogP contribution is -2.06. The van der Waals surface area contributed by atoms with E-state index < -0.39 is 4.92 Å². The summed E-state index contributed by atoms with van der Waals surface area (Å²) < 4.78 is 7.20. The van der Waals surface area contributed by atoms with Crippen LogP contribution >= 0.6 is 12.2 Å². The second-order valence-electron chi connectivity index (χ2n) is 4.59. The fraction of sp³-hybridized carbons (Fsp3) is 0.0769. The molecule has 10 heteroatoms. The van der Waals surface area contributed by atoms with Crippen molar-refractivity contribution in [3.8, 4) is 11.6 Å². The highest BCUT2D eigenvalue weighted by Crippen LogP contribution is 2.24. The van der Waals surface area contributed by atoms with E-state index in [4.69, 9.17) is 22.7 Å². The van der Waals surface area contributed by atoms with Crippen LogP contribution in [-0.2, 0) is 0 Å². The molecular formula is C13H10N6O3S. The number of anilines is 1. The minimum absolute atomic E-state index is 0.0242. The molecule has 9 nitrogen and oxygen atoms in total. The highest BCUT2D eigenvalue weighted by molar-refractivity contribution is 7.71. The summed E-state index contributed by atoms with van der Waals surface area (Å²) in [6, 6.07) is 7.17. The van der Waals surface area contributed by atoms with Crippen LogP contribution < -0.4 is 10.5 Å². The number of ether oxygens (including phenoxy) is 1. The number of non-ortho nitro benzene ring substituents is 1. The van der Waals surface area contributed by atoms with Crippen molar-refractivity contribution in [2.75, 3.05) is 5.73 Å². The van der Waals surface area contributed by atoms with Crippen LogP contribution in [0.25, 0.3) is 5.65 Å². The first-order chi connectivity index (χ1) is 10.9. The van der Waals surface area contributed by atoms with E-state index in [-0.39, 0.29) is 22.2 Å². The van der Waals surface area contributed by atoms with Gasteiger partial charge in [0.1, 0.15) is 17.3 Å². The molecule has 2 heterocycles. The van der Waals surface area contributed by atoms with Crippen molar-refractivity contribution in [3.63, 3.8) is 0 Å². The van der Waals surface area contributed by atoms with Crippen molar-refractivity contribution in [1.29, 1.82) is 0 Å². The van der Waals surface area contributed by atoms with E-state index in [2.05, 4.69) is 15.1 Å².